The van der Waals surface area contributed by atoms with Crippen molar-refractivity contribution >= 4 is 130 Å². The van der Waals surface area contributed by atoms with Crippen LogP contribution < -0.4 is 16.8 Å². The number of carboxylic acids is 1. The van der Waals surface area contributed by atoms with Gasteiger partial charge in [-0.1, -0.05) is 88.4 Å². The van der Waals surface area contributed by atoms with Crippen LogP contribution in [-0.2, 0) is 87.9 Å². The third kappa shape index (κ3) is 30.3. The number of nitrogen functional groups attached to an aromatic ring is 2. The number of carboxylic acid groups (broad SMARTS) is 1. The maximum atomic E-state index is 13.0. The second-order valence-electron chi connectivity index (χ2n) is 39.4. The summed E-state index contributed by atoms with van der Waals surface area (Å²) >= 11 is 2.24. The number of rotatable bonds is 18. The van der Waals surface area contributed by atoms with Gasteiger partial charge in [-0.15, -0.1) is 0 Å². The molecule has 142 heavy (non-hydrogen) atoms. The average Bonchev–Trinajstić information content (AvgIpc) is 0.832. The fourth-order valence-corrected chi connectivity index (χ4v) is 17.6. The van der Waals surface area contributed by atoms with Crippen molar-refractivity contribution in [3.05, 3.63) is 229 Å². The van der Waals surface area contributed by atoms with Gasteiger partial charge in [-0.05, 0) is 251 Å². The minimum absolute atomic E-state index is 0.0719. The molecule has 0 unspecified atom stereocenters. The number of aromatic nitrogens is 15. The first-order valence-corrected chi connectivity index (χ1v) is 49.3. The fraction of sp³-hybridized carbons (Fsp3) is 0.391. The summed E-state index contributed by atoms with van der Waals surface area (Å²) in [7, 11) is 9.43. The van der Waals surface area contributed by atoms with E-state index in [2.05, 4.69) is 115 Å². The number of anilines is 2. The Bertz CT molecular complexity index is 7030. The summed E-state index contributed by atoms with van der Waals surface area (Å²) in [6.45, 7) is 25.9. The molecule has 19 rings (SSSR count). The van der Waals surface area contributed by atoms with E-state index >= 15 is 0 Å². The molecule has 15 aromatic rings. The summed E-state index contributed by atoms with van der Waals surface area (Å²) in [6, 6.07) is 31.3. The number of hydrogen-bond acceptors (Lipinski definition) is 23. The van der Waals surface area contributed by atoms with E-state index in [0.29, 0.717) is 92.8 Å². The summed E-state index contributed by atoms with van der Waals surface area (Å²) in [5, 5.41) is 42.2. The first-order valence-electron chi connectivity index (χ1n) is 50.2. The van der Waals surface area contributed by atoms with Gasteiger partial charge in [-0.3, -0.25) is 57.5 Å². The molecule has 2 amide bonds. The molecule has 6 N–H and O–H groups in total. The van der Waals surface area contributed by atoms with Gasteiger partial charge in [0.2, 0.25) is 0 Å². The van der Waals surface area contributed by atoms with Crippen LogP contribution in [0.5, 0.6) is 0 Å². The van der Waals surface area contributed by atoms with E-state index in [1.54, 1.807) is 76.6 Å². The minimum Gasteiger partial charge on any atom is -0.481 e. The zero-order valence-corrected chi connectivity index (χ0v) is 85.9. The lowest BCUT2D eigenvalue weighted by Crippen LogP contribution is -2.43. The molecule has 32 heteroatoms. The number of carbonyl (C=O) groups is 7. The largest absolute Gasteiger partial charge is 0.481 e. The third-order valence-electron chi connectivity index (χ3n) is 24.6. The van der Waals surface area contributed by atoms with Crippen molar-refractivity contribution in [2.75, 3.05) is 70.4 Å². The van der Waals surface area contributed by atoms with Gasteiger partial charge >= 0.3 is 18.2 Å². The zero-order chi connectivity index (χ0) is 105. The van der Waals surface area contributed by atoms with Gasteiger partial charge in [0.1, 0.15) is 46.5 Å². The van der Waals surface area contributed by atoms with Crippen molar-refractivity contribution in [3.8, 4) is 55.6 Å². The van der Waals surface area contributed by atoms with Crippen LogP contribution in [0.15, 0.2) is 208 Å². The second kappa shape index (κ2) is 48.5. The quantitative estimate of drug-likeness (QED) is 0.0458. The fourth-order valence-electron chi connectivity index (χ4n) is 17.0. The van der Waals surface area contributed by atoms with Crippen LogP contribution in [0.1, 0.15) is 143 Å². The molecule has 0 saturated carbocycles. The van der Waals surface area contributed by atoms with Crippen LogP contribution in [-0.4, -0.2) is 206 Å². The van der Waals surface area contributed by atoms with E-state index in [9.17, 15) is 33.6 Å². The van der Waals surface area contributed by atoms with Crippen molar-refractivity contribution in [3.63, 3.8) is 0 Å². The molecular formula is C110H132IN21O10. The number of pyridine rings is 5. The Hall–Kier alpha value is -13.9. The topological polar surface area (TPSA) is 386 Å². The molecule has 4 aliphatic heterocycles. The van der Waals surface area contributed by atoms with E-state index in [1.807, 2.05) is 213 Å². The lowest BCUT2D eigenvalue weighted by molar-refractivity contribution is -0.143. The van der Waals surface area contributed by atoms with E-state index in [0.717, 1.165) is 178 Å². The Morgan fingerprint density at radius 2 is 0.725 bits per heavy atom. The van der Waals surface area contributed by atoms with Gasteiger partial charge in [0, 0.05) is 250 Å². The van der Waals surface area contributed by atoms with Gasteiger partial charge in [0.25, 0.3) is 0 Å². The number of Topliss-reactive ketones (excluding diaryl/α,β-unsaturated/α-hetero) is 3. The number of nitrogens with two attached hydrogens (primary N) is 2. The Morgan fingerprint density at radius 3 is 1.04 bits per heavy atom. The summed E-state index contributed by atoms with van der Waals surface area (Å²) in [5.74, 6) is 1.14. The molecule has 4 aliphatic rings. The molecule has 0 atom stereocenters. The highest BCUT2D eigenvalue weighted by Gasteiger charge is 2.33. The van der Waals surface area contributed by atoms with E-state index in [-0.39, 0.29) is 96.3 Å². The molecule has 5 aromatic carbocycles. The number of ketones is 3. The molecule has 31 nitrogen and oxygen atoms in total. The number of carbonyl (C=O) groups excluding carboxylic acids is 6. The van der Waals surface area contributed by atoms with E-state index in [4.69, 9.17) is 31.5 Å². The van der Waals surface area contributed by atoms with Gasteiger partial charge in [-0.25, -0.2) is 19.6 Å². The Balaban J connectivity index is 0.000000148. The summed E-state index contributed by atoms with van der Waals surface area (Å²) in [4.78, 5) is 110. The predicted molar refractivity (Wildman–Crippen MR) is 567 cm³/mol. The number of fused-ring (bicyclic) bond motifs is 5. The molecule has 0 bridgehead atoms. The minimum atomic E-state index is -0.774. The number of halogens is 1. The molecule has 14 heterocycles. The van der Waals surface area contributed by atoms with Crippen LogP contribution in [0.25, 0.3) is 109 Å². The number of aryl methyl sites for hydroxylation is 5. The number of aldehydes is 1. The molecule has 10 aromatic heterocycles. The summed E-state index contributed by atoms with van der Waals surface area (Å²) in [5.41, 5.74) is 22.4. The maximum absolute atomic E-state index is 13.0. The average molecular weight is 2040 g/mol. The smallest absolute Gasteiger partial charge is 0.410 e. The highest BCUT2D eigenvalue weighted by molar-refractivity contribution is 14.1. The zero-order valence-electron chi connectivity index (χ0n) is 87.7. The Kier molecular flexibility index (Phi) is 34.1. The number of nitrogens with zero attached hydrogens (tertiary/aromatic N) is 18. The second-order valence-corrected chi connectivity index (χ2v) is 40.4. The number of amides is 2. The third-order valence-corrected chi connectivity index (χ3v) is 25.8. The normalized spacial score (nSPS) is 14.9. The van der Waals surface area contributed by atoms with E-state index in [1.165, 1.54) is 0 Å². The van der Waals surface area contributed by atoms with Crippen LogP contribution in [0.2, 0.25) is 0 Å². The van der Waals surface area contributed by atoms with Crippen molar-refractivity contribution < 1.29 is 53.6 Å². The Labute approximate surface area is 848 Å². The SMILES string of the molecule is CC(C)(C)OC(=O)N1CCC(C(=O)O)CC1.CC(C)C=O.Cn1cc(-c2ccc3cnc(N)c(I)c3c2)cn1.[2H]c1c(CC(=O)C2CCN(C(=O)OC(C)(C)C)CC2)ncc2ccc(-c3cnn(C)c3)cc12.[2H]c1c(CC(=O)C2CCN(CC(C)C)CC2)ncc2ccc(-c3cnn(C)c3)cc12.[2H]c1c(CC(=O)C2CCNCC2)ncc2ccc(-c3cnn(C)c3)cc12.[2H]c1c(N)ncc2ccc(-c3cnn(C)c3)cc12. The molecule has 0 spiro atoms. The lowest BCUT2D eigenvalue weighted by atomic mass is 9.89. The first kappa shape index (κ1) is 99.7. The summed E-state index contributed by atoms with van der Waals surface area (Å²) < 4.78 is 54.3. The standard InChI is InChI=1S/C25H30N4O3.C24H30N4O.C20H22N4O.C13H11IN4.C13H12N4.C11H19NO4.C4H8O/c1-25(2,3)32-24(31)29-9-7-17(8-10-29)23(30)13-22-12-20-11-18(5-6-19(20)14-26-22)21-15-27-28(4)16-21;1-17(2)15-28-8-6-18(7-9-28)24(29)12-23-11-21-10-19(4-5-20(21)13-25-23)22-14-26-27(3)16-22;1-24-13-18(12-23-24)15-2-3-16-11-22-19(9-17(16)8-15)10-20(25)14-4-6-21-7-5-14;1-18-7-10(6-17-18)8-2-3-9-5-16-13(15)12(14)11(9)4-8;1-17-8-12(7-16-17)9-2-3-10-6-15-13(14)5-11(10)4-9;1-11(2,3)16-10(15)12-6-4-8(5-7-12)9(13)14;1-4(2)3-5/h5-6,11-12,14-17H,7-10,13H2,1-4H3;4-5,10-11,13-14,16-18H,6-9,12,15H2,1-3H3;2-3,8-9,11-14,21H,4-7,10H2,1H3;2-7H,1H3,(H2,15,16);2-8H,1H3,(H2,14,15);8H,4-7H2,1-3H3,(H,13,14);3-4H,1-2H3/i12D;11D;9D;;5D;;. The van der Waals surface area contributed by atoms with Crippen LogP contribution >= 0.6 is 22.6 Å². The maximum Gasteiger partial charge on any atom is 0.410 e. The lowest BCUT2D eigenvalue weighted by Gasteiger charge is -2.32. The van der Waals surface area contributed by atoms with Crippen molar-refractivity contribution in [2.24, 2.45) is 70.7 Å². The molecule has 744 valence electrons. The number of benzene rings is 5. The molecule has 4 saturated heterocycles. The van der Waals surface area contributed by atoms with Gasteiger partial charge in [0.05, 0.1) is 46.0 Å². The predicted octanol–water partition coefficient (Wildman–Crippen LogP) is 18.9. The number of nitrogens with one attached hydrogen (secondary N) is 1. The van der Waals surface area contributed by atoms with E-state index < -0.39 is 17.2 Å². The molecule has 0 radical (unpaired) electrons. The summed E-state index contributed by atoms with van der Waals surface area (Å²) in [6.07, 6.45) is 34.3. The van der Waals surface area contributed by atoms with Gasteiger partial charge in [-0.2, -0.15) is 25.5 Å². The number of ether oxygens (including phenoxy) is 2. The molecule has 4 fully saturated rings. The highest BCUT2D eigenvalue weighted by atomic mass is 127. The Morgan fingerprint density at radius 1 is 0.423 bits per heavy atom. The number of likely N-dealkylation sites (tertiary alicyclic amines) is 3. The van der Waals surface area contributed by atoms with Crippen LogP contribution in [0.3, 0.4) is 0 Å². The first-order chi connectivity index (χ1) is 69.5. The van der Waals surface area contributed by atoms with Gasteiger partial charge < -0.3 is 50.9 Å². The van der Waals surface area contributed by atoms with Crippen LogP contribution in [0.4, 0.5) is 21.2 Å². The number of piperidine rings is 4. The van der Waals surface area contributed by atoms with Crippen molar-refractivity contribution in [1.29, 1.82) is 0 Å². The van der Waals surface area contributed by atoms with Gasteiger partial charge in [0.15, 0.2) is 0 Å². The molecule has 0 aliphatic carbocycles. The van der Waals surface area contributed by atoms with Crippen molar-refractivity contribution in [1.82, 2.24) is 93.8 Å². The monoisotopic (exact) mass is 2040 g/mol. The molecular weight excluding hydrogens is 1900 g/mol. The number of hydrogen-bond donors (Lipinski definition) is 4. The van der Waals surface area contributed by atoms with Crippen LogP contribution in [0, 0.1) is 39.1 Å². The number of aliphatic carboxylic acids is 1. The van der Waals surface area contributed by atoms with Crippen molar-refractivity contribution in [2.45, 2.75) is 151 Å². The highest BCUT2D eigenvalue weighted by Crippen LogP contribution is 2.34.